The molecule has 2 rings (SSSR count). The highest BCUT2D eigenvalue weighted by Gasteiger charge is 2.22. The smallest absolute Gasteiger partial charge is 0.117 e. The van der Waals surface area contributed by atoms with Gasteiger partial charge in [0.2, 0.25) is 0 Å². The second-order valence-electron chi connectivity index (χ2n) is 4.32. The molecule has 84 valence electrons. The van der Waals surface area contributed by atoms with E-state index < -0.39 is 0 Å². The third-order valence-corrected chi connectivity index (χ3v) is 3.15. The lowest BCUT2D eigenvalue weighted by molar-refractivity contribution is 0.0692. The molecule has 1 fully saturated rings. The molecule has 1 aromatic rings. The van der Waals surface area contributed by atoms with E-state index in [1.807, 2.05) is 12.1 Å². The molecule has 1 saturated carbocycles. The van der Waals surface area contributed by atoms with Gasteiger partial charge in [-0.2, -0.15) is 0 Å². The van der Waals surface area contributed by atoms with Gasteiger partial charge >= 0.3 is 0 Å². The molecular weight excluding hydrogens is 190 g/mol. The van der Waals surface area contributed by atoms with Gasteiger partial charge in [-0.1, -0.05) is 12.8 Å². The van der Waals surface area contributed by atoms with E-state index in [4.69, 9.17) is 4.42 Å². The van der Waals surface area contributed by atoms with Gasteiger partial charge in [0.1, 0.15) is 5.76 Å². The van der Waals surface area contributed by atoms with E-state index in [0.717, 1.165) is 31.7 Å². The number of furan rings is 1. The SMILES string of the molecule is OC1CCCCC1CNCc1ccco1. The Morgan fingerprint density at radius 1 is 1.40 bits per heavy atom. The fraction of sp³-hybridized carbons (Fsp3) is 0.667. The van der Waals surface area contributed by atoms with E-state index in [0.29, 0.717) is 5.92 Å². The van der Waals surface area contributed by atoms with E-state index in [1.54, 1.807) is 6.26 Å². The molecule has 2 N–H and O–H groups in total. The standard InChI is InChI=1S/C12H19NO2/c14-12-6-2-1-4-10(12)8-13-9-11-5-3-7-15-11/h3,5,7,10,12-14H,1-2,4,6,8-9H2. The third-order valence-electron chi connectivity index (χ3n) is 3.15. The monoisotopic (exact) mass is 209 g/mol. The zero-order valence-corrected chi connectivity index (χ0v) is 8.98. The first-order valence-corrected chi connectivity index (χ1v) is 5.77. The first-order chi connectivity index (χ1) is 7.36. The number of nitrogens with one attached hydrogen (secondary N) is 1. The van der Waals surface area contributed by atoms with Crippen molar-refractivity contribution in [1.82, 2.24) is 5.32 Å². The summed E-state index contributed by atoms with van der Waals surface area (Å²) in [5, 5.41) is 13.1. The van der Waals surface area contributed by atoms with Gasteiger partial charge in [-0.3, -0.25) is 0 Å². The second kappa shape index (κ2) is 5.33. The number of rotatable bonds is 4. The predicted octanol–water partition coefficient (Wildman–Crippen LogP) is 1.92. The van der Waals surface area contributed by atoms with Crippen LogP contribution in [0.1, 0.15) is 31.4 Å². The van der Waals surface area contributed by atoms with Crippen molar-refractivity contribution in [1.29, 1.82) is 0 Å². The van der Waals surface area contributed by atoms with Crippen molar-refractivity contribution in [2.45, 2.75) is 38.3 Å². The lowest BCUT2D eigenvalue weighted by Crippen LogP contribution is -2.33. The Kier molecular flexibility index (Phi) is 3.80. The van der Waals surface area contributed by atoms with Crippen molar-refractivity contribution in [3.8, 4) is 0 Å². The van der Waals surface area contributed by atoms with Crippen molar-refractivity contribution in [2.75, 3.05) is 6.54 Å². The molecule has 1 aromatic heterocycles. The maximum atomic E-state index is 9.76. The van der Waals surface area contributed by atoms with Crippen molar-refractivity contribution < 1.29 is 9.52 Å². The second-order valence-corrected chi connectivity index (χ2v) is 4.32. The topological polar surface area (TPSA) is 45.4 Å². The Morgan fingerprint density at radius 3 is 3.00 bits per heavy atom. The Balaban J connectivity index is 1.68. The van der Waals surface area contributed by atoms with E-state index in [1.165, 1.54) is 12.8 Å². The minimum Gasteiger partial charge on any atom is -0.468 e. The quantitative estimate of drug-likeness (QED) is 0.796. The van der Waals surface area contributed by atoms with E-state index in [2.05, 4.69) is 5.32 Å². The van der Waals surface area contributed by atoms with Crippen LogP contribution in [0.15, 0.2) is 22.8 Å². The van der Waals surface area contributed by atoms with Crippen molar-refractivity contribution in [3.05, 3.63) is 24.2 Å². The van der Waals surface area contributed by atoms with Crippen LogP contribution in [-0.4, -0.2) is 17.8 Å². The van der Waals surface area contributed by atoms with Crippen LogP contribution in [0.4, 0.5) is 0 Å². The zero-order valence-electron chi connectivity index (χ0n) is 8.98. The van der Waals surface area contributed by atoms with Crippen LogP contribution in [-0.2, 0) is 6.54 Å². The Bertz CT molecular complexity index is 271. The summed E-state index contributed by atoms with van der Waals surface area (Å²) < 4.78 is 5.22. The minimum atomic E-state index is -0.108. The lowest BCUT2D eigenvalue weighted by atomic mass is 9.86. The fourth-order valence-electron chi connectivity index (χ4n) is 2.22. The summed E-state index contributed by atoms with van der Waals surface area (Å²) in [7, 11) is 0. The zero-order chi connectivity index (χ0) is 10.5. The Hall–Kier alpha value is -0.800. The highest BCUT2D eigenvalue weighted by Crippen LogP contribution is 2.23. The number of aliphatic hydroxyl groups excluding tert-OH is 1. The number of aliphatic hydroxyl groups is 1. The number of hydrogen-bond acceptors (Lipinski definition) is 3. The average molecular weight is 209 g/mol. The van der Waals surface area contributed by atoms with Crippen molar-refractivity contribution in [3.63, 3.8) is 0 Å². The summed E-state index contributed by atoms with van der Waals surface area (Å²) in [6, 6.07) is 3.86. The van der Waals surface area contributed by atoms with Gasteiger partial charge in [0.05, 0.1) is 18.9 Å². The molecule has 1 aliphatic carbocycles. The molecule has 0 aromatic carbocycles. The largest absolute Gasteiger partial charge is 0.468 e. The molecule has 0 radical (unpaired) electrons. The van der Waals surface area contributed by atoms with Crippen molar-refractivity contribution in [2.24, 2.45) is 5.92 Å². The average Bonchev–Trinajstić information content (AvgIpc) is 2.74. The molecule has 3 nitrogen and oxygen atoms in total. The van der Waals surface area contributed by atoms with E-state index in [9.17, 15) is 5.11 Å². The third kappa shape index (κ3) is 3.08. The molecule has 0 bridgehead atoms. The van der Waals surface area contributed by atoms with Crippen LogP contribution in [0.25, 0.3) is 0 Å². The highest BCUT2D eigenvalue weighted by atomic mass is 16.3. The van der Waals surface area contributed by atoms with Crippen LogP contribution in [0, 0.1) is 5.92 Å². The van der Waals surface area contributed by atoms with Gasteiger partial charge in [0.15, 0.2) is 0 Å². The molecule has 2 atom stereocenters. The normalized spacial score (nSPS) is 26.7. The maximum Gasteiger partial charge on any atom is 0.117 e. The first-order valence-electron chi connectivity index (χ1n) is 5.77. The summed E-state index contributed by atoms with van der Waals surface area (Å²) in [6.45, 7) is 1.65. The summed E-state index contributed by atoms with van der Waals surface area (Å²) in [4.78, 5) is 0. The van der Waals surface area contributed by atoms with Crippen LogP contribution in [0.2, 0.25) is 0 Å². The van der Waals surface area contributed by atoms with E-state index >= 15 is 0 Å². The Labute approximate surface area is 90.5 Å². The fourth-order valence-corrected chi connectivity index (χ4v) is 2.22. The molecule has 0 aliphatic heterocycles. The van der Waals surface area contributed by atoms with Gasteiger partial charge in [-0.05, 0) is 30.9 Å². The van der Waals surface area contributed by atoms with Gasteiger partial charge in [-0.15, -0.1) is 0 Å². The molecule has 1 aliphatic rings. The van der Waals surface area contributed by atoms with Gasteiger partial charge < -0.3 is 14.8 Å². The summed E-state index contributed by atoms with van der Waals surface area (Å²) in [5.41, 5.74) is 0. The van der Waals surface area contributed by atoms with Gasteiger partial charge in [0.25, 0.3) is 0 Å². The molecule has 1 heterocycles. The van der Waals surface area contributed by atoms with Crippen LogP contribution in [0.5, 0.6) is 0 Å². The molecule has 0 saturated heterocycles. The first kappa shape index (κ1) is 10.7. The lowest BCUT2D eigenvalue weighted by Gasteiger charge is -2.27. The molecule has 3 heteroatoms. The maximum absolute atomic E-state index is 9.76. The minimum absolute atomic E-state index is 0.108. The summed E-state index contributed by atoms with van der Waals surface area (Å²) in [5.74, 6) is 1.38. The Morgan fingerprint density at radius 2 is 2.27 bits per heavy atom. The van der Waals surface area contributed by atoms with Crippen LogP contribution in [0.3, 0.4) is 0 Å². The molecule has 15 heavy (non-hydrogen) atoms. The molecule has 0 amide bonds. The van der Waals surface area contributed by atoms with Crippen LogP contribution >= 0.6 is 0 Å². The van der Waals surface area contributed by atoms with Gasteiger partial charge in [0, 0.05) is 6.54 Å². The highest BCUT2D eigenvalue weighted by molar-refractivity contribution is 4.97. The number of hydrogen-bond donors (Lipinski definition) is 2. The predicted molar refractivity (Wildman–Crippen MR) is 58.4 cm³/mol. The van der Waals surface area contributed by atoms with Crippen LogP contribution < -0.4 is 5.32 Å². The summed E-state index contributed by atoms with van der Waals surface area (Å²) >= 11 is 0. The molecule has 2 unspecified atom stereocenters. The van der Waals surface area contributed by atoms with Gasteiger partial charge in [-0.25, -0.2) is 0 Å². The summed E-state index contributed by atoms with van der Waals surface area (Å²) in [6.07, 6.45) is 6.12. The molecule has 0 spiro atoms. The van der Waals surface area contributed by atoms with Crippen molar-refractivity contribution >= 4 is 0 Å². The van der Waals surface area contributed by atoms with E-state index in [-0.39, 0.29) is 6.10 Å². The molecular formula is C12H19NO2.